The molecule has 0 saturated carbocycles. The molecule has 0 bridgehead atoms. The average molecular weight is 399 g/mol. The summed E-state index contributed by atoms with van der Waals surface area (Å²) in [5.41, 5.74) is 1.21. The summed E-state index contributed by atoms with van der Waals surface area (Å²) >= 11 is 0. The van der Waals surface area contributed by atoms with Crippen molar-refractivity contribution in [2.45, 2.75) is 72.6 Å². The molecule has 7 heteroatoms. The number of aromatic hydroxyl groups is 1. The first kappa shape index (κ1) is 28.1. The highest BCUT2D eigenvalue weighted by Gasteiger charge is 2.28. The van der Waals surface area contributed by atoms with E-state index in [1.54, 1.807) is 24.3 Å². The number of nitrogens with zero attached hydrogens (tertiary/aromatic N) is 1. The van der Waals surface area contributed by atoms with Crippen LogP contribution < -0.4 is 5.32 Å². The molecule has 7 nitrogen and oxygen atoms in total. The number of hydrogen-bond donors (Lipinski definition) is 4. The number of β-amino-alcohol motifs (C(OH)–C–C–N with tert-alkyl or cyclic N) is 1. The van der Waals surface area contributed by atoms with Crippen molar-refractivity contribution in [2.24, 2.45) is 0 Å². The molecular weight excluding hydrogens is 360 g/mol. The fourth-order valence-electron chi connectivity index (χ4n) is 2.50. The number of phenols is 1. The normalized spacial score (nSPS) is 16.8. The summed E-state index contributed by atoms with van der Waals surface area (Å²) < 4.78 is 0. The Balaban J connectivity index is 0. The number of benzene rings is 1. The standard InChI is InChI=1S/C10H13NO2.C8H17NO.C2H6.CH2O2/c1-7(11-8(2)12)9-3-5-10(13)6-4-9;1-8(2,3)9-5-4-7(10)6-9;1-2;2-1-3/h3-7,13H,1-2H3,(H,11,12);7,10H,4-6H2,1-3H3;1-2H3;1H,(H,2,3). The van der Waals surface area contributed by atoms with Crippen LogP contribution in [0.4, 0.5) is 0 Å². The third kappa shape index (κ3) is 13.1. The van der Waals surface area contributed by atoms with Crippen LogP contribution in [0.15, 0.2) is 24.3 Å². The topological polar surface area (TPSA) is 110 Å². The lowest BCUT2D eigenvalue weighted by atomic mass is 10.1. The number of aliphatic hydroxyl groups is 1. The summed E-state index contributed by atoms with van der Waals surface area (Å²) in [5, 5.41) is 27.9. The number of carboxylic acid groups (broad SMARTS) is 1. The van der Waals surface area contributed by atoms with Gasteiger partial charge in [0.25, 0.3) is 6.47 Å². The molecule has 0 aliphatic carbocycles. The molecule has 0 spiro atoms. The van der Waals surface area contributed by atoms with Crippen LogP contribution in [0.3, 0.4) is 0 Å². The Kier molecular flexibility index (Phi) is 14.9. The first-order chi connectivity index (χ1) is 13.0. The van der Waals surface area contributed by atoms with E-state index in [2.05, 4.69) is 31.0 Å². The summed E-state index contributed by atoms with van der Waals surface area (Å²) in [5.74, 6) is 0.180. The molecule has 1 amide bonds. The second-order valence-electron chi connectivity index (χ2n) is 7.18. The van der Waals surface area contributed by atoms with Gasteiger partial charge in [-0.25, -0.2) is 0 Å². The van der Waals surface area contributed by atoms with Gasteiger partial charge in [0, 0.05) is 25.6 Å². The van der Waals surface area contributed by atoms with Crippen molar-refractivity contribution in [3.63, 3.8) is 0 Å². The number of nitrogens with one attached hydrogen (secondary N) is 1. The monoisotopic (exact) mass is 398 g/mol. The predicted octanol–water partition coefficient (Wildman–Crippen LogP) is 3.17. The van der Waals surface area contributed by atoms with Gasteiger partial charge in [-0.1, -0.05) is 26.0 Å². The van der Waals surface area contributed by atoms with Gasteiger partial charge in [0.1, 0.15) is 5.75 Å². The third-order valence-electron chi connectivity index (χ3n) is 3.92. The van der Waals surface area contributed by atoms with Gasteiger partial charge in [-0.05, 0) is 51.8 Å². The maximum atomic E-state index is 10.7. The van der Waals surface area contributed by atoms with Crippen LogP contribution in [0, 0.1) is 0 Å². The van der Waals surface area contributed by atoms with Gasteiger partial charge in [0.15, 0.2) is 0 Å². The molecular formula is C21H38N2O5. The molecule has 2 unspecified atom stereocenters. The smallest absolute Gasteiger partial charge is 0.290 e. The Morgan fingerprint density at radius 3 is 2.00 bits per heavy atom. The number of aliphatic hydroxyl groups excluding tert-OH is 1. The zero-order chi connectivity index (χ0) is 22.3. The van der Waals surface area contributed by atoms with Crippen LogP contribution in [-0.2, 0) is 9.59 Å². The number of amides is 1. The Morgan fingerprint density at radius 2 is 1.71 bits per heavy atom. The number of carbonyl (C=O) groups excluding carboxylic acids is 1. The minimum absolute atomic E-state index is 0.0156. The quantitative estimate of drug-likeness (QED) is 0.570. The van der Waals surface area contributed by atoms with Gasteiger partial charge in [-0.2, -0.15) is 0 Å². The van der Waals surface area contributed by atoms with Gasteiger partial charge >= 0.3 is 0 Å². The van der Waals surface area contributed by atoms with E-state index in [1.165, 1.54) is 6.92 Å². The lowest BCUT2D eigenvalue weighted by Crippen LogP contribution is -2.39. The van der Waals surface area contributed by atoms with Crippen LogP contribution in [0.1, 0.15) is 66.5 Å². The number of likely N-dealkylation sites (tertiary alicyclic amines) is 1. The van der Waals surface area contributed by atoms with E-state index in [1.807, 2.05) is 20.8 Å². The zero-order valence-corrected chi connectivity index (χ0v) is 18.3. The van der Waals surface area contributed by atoms with Crippen molar-refractivity contribution in [3.05, 3.63) is 29.8 Å². The molecule has 0 aromatic heterocycles. The average Bonchev–Trinajstić information content (AvgIpc) is 3.05. The van der Waals surface area contributed by atoms with Crippen molar-refractivity contribution in [1.82, 2.24) is 10.2 Å². The number of rotatable bonds is 2. The summed E-state index contributed by atoms with van der Waals surface area (Å²) in [7, 11) is 0. The summed E-state index contributed by atoms with van der Waals surface area (Å²) in [6, 6.07) is 6.77. The molecule has 2 atom stereocenters. The van der Waals surface area contributed by atoms with E-state index in [9.17, 15) is 9.90 Å². The highest BCUT2D eigenvalue weighted by atomic mass is 16.3. The van der Waals surface area contributed by atoms with Crippen molar-refractivity contribution in [1.29, 1.82) is 0 Å². The molecule has 4 N–H and O–H groups in total. The van der Waals surface area contributed by atoms with Crippen LogP contribution in [-0.4, -0.2) is 57.3 Å². The third-order valence-corrected chi connectivity index (χ3v) is 3.92. The molecule has 162 valence electrons. The Bertz CT molecular complexity index is 541. The number of hydrogen-bond acceptors (Lipinski definition) is 5. The number of phenolic OH excluding ortho intramolecular Hbond substituents is 1. The lowest BCUT2D eigenvalue weighted by molar-refractivity contribution is -0.123. The Morgan fingerprint density at radius 1 is 1.25 bits per heavy atom. The van der Waals surface area contributed by atoms with Gasteiger partial charge in [-0.15, -0.1) is 0 Å². The molecule has 0 radical (unpaired) electrons. The van der Waals surface area contributed by atoms with Crippen LogP contribution >= 0.6 is 0 Å². The minimum Gasteiger partial charge on any atom is -0.508 e. The fraction of sp³-hybridized carbons (Fsp3) is 0.619. The molecule has 1 aromatic carbocycles. The minimum atomic E-state index is -0.250. The van der Waals surface area contributed by atoms with E-state index < -0.39 is 0 Å². The van der Waals surface area contributed by atoms with Crippen molar-refractivity contribution in [3.8, 4) is 5.75 Å². The van der Waals surface area contributed by atoms with Gasteiger partial charge in [-0.3, -0.25) is 14.5 Å². The fourth-order valence-corrected chi connectivity index (χ4v) is 2.50. The largest absolute Gasteiger partial charge is 0.508 e. The molecule has 1 aliphatic rings. The molecule has 2 rings (SSSR count). The predicted molar refractivity (Wildman–Crippen MR) is 112 cm³/mol. The second kappa shape index (κ2) is 14.9. The Hall–Kier alpha value is -2.12. The maximum absolute atomic E-state index is 10.7. The molecule has 1 aliphatic heterocycles. The van der Waals surface area contributed by atoms with E-state index in [-0.39, 0.29) is 35.8 Å². The molecule has 1 fully saturated rings. The van der Waals surface area contributed by atoms with Crippen molar-refractivity contribution < 1.29 is 24.9 Å². The van der Waals surface area contributed by atoms with Gasteiger partial charge in [0.2, 0.25) is 5.91 Å². The van der Waals surface area contributed by atoms with E-state index in [4.69, 9.17) is 15.0 Å². The summed E-state index contributed by atoms with van der Waals surface area (Å²) in [6.07, 6.45) is 0.858. The van der Waals surface area contributed by atoms with E-state index >= 15 is 0 Å². The zero-order valence-electron chi connectivity index (χ0n) is 18.3. The van der Waals surface area contributed by atoms with Crippen LogP contribution in [0.25, 0.3) is 0 Å². The first-order valence-electron chi connectivity index (χ1n) is 9.58. The highest BCUT2D eigenvalue weighted by molar-refractivity contribution is 5.73. The van der Waals surface area contributed by atoms with Crippen LogP contribution in [0.2, 0.25) is 0 Å². The molecule has 28 heavy (non-hydrogen) atoms. The molecule has 1 heterocycles. The highest BCUT2D eigenvalue weighted by Crippen LogP contribution is 2.20. The second-order valence-corrected chi connectivity index (χ2v) is 7.18. The SMILES string of the molecule is CC.CC(=O)NC(C)c1ccc(O)cc1.CC(C)(C)N1CCC(O)C1.O=CO. The maximum Gasteiger partial charge on any atom is 0.290 e. The van der Waals surface area contributed by atoms with E-state index in [0.717, 1.165) is 25.1 Å². The van der Waals surface area contributed by atoms with Crippen molar-refractivity contribution in [2.75, 3.05) is 13.1 Å². The Labute approximate surface area is 169 Å². The lowest BCUT2D eigenvalue weighted by Gasteiger charge is -2.31. The van der Waals surface area contributed by atoms with Gasteiger partial charge < -0.3 is 20.6 Å². The summed E-state index contributed by atoms with van der Waals surface area (Å²) in [4.78, 5) is 21.4. The van der Waals surface area contributed by atoms with Gasteiger partial charge in [0.05, 0.1) is 12.1 Å². The summed E-state index contributed by atoms with van der Waals surface area (Å²) in [6.45, 7) is 15.6. The first-order valence-corrected chi connectivity index (χ1v) is 9.58. The van der Waals surface area contributed by atoms with E-state index in [0.29, 0.717) is 0 Å². The van der Waals surface area contributed by atoms with Crippen LogP contribution in [0.5, 0.6) is 5.75 Å². The number of carbonyl (C=O) groups is 2. The molecule has 1 aromatic rings. The van der Waals surface area contributed by atoms with Crippen molar-refractivity contribution >= 4 is 12.4 Å². The molecule has 1 saturated heterocycles.